The SMILES string of the molecule is CC(C)(C)OC(=O)NCCCCCCC1(C(=O)O)C=CC=C(Cl)C1. The fourth-order valence-electron chi connectivity index (χ4n) is 2.61. The van der Waals surface area contributed by atoms with Crippen LogP contribution < -0.4 is 5.32 Å². The Hall–Kier alpha value is -1.49. The van der Waals surface area contributed by atoms with Gasteiger partial charge < -0.3 is 15.2 Å². The number of alkyl carbamates (subject to hydrolysis) is 1. The van der Waals surface area contributed by atoms with E-state index in [0.29, 0.717) is 24.4 Å². The van der Waals surface area contributed by atoms with E-state index in [0.717, 1.165) is 25.7 Å². The Labute approximate surface area is 149 Å². The summed E-state index contributed by atoms with van der Waals surface area (Å²) in [5.41, 5.74) is -1.36. The van der Waals surface area contributed by atoms with Crippen LogP contribution in [0.4, 0.5) is 4.79 Å². The third-order valence-electron chi connectivity index (χ3n) is 3.82. The van der Waals surface area contributed by atoms with Crippen LogP contribution in [0.5, 0.6) is 0 Å². The molecule has 0 radical (unpaired) electrons. The first-order valence-corrected chi connectivity index (χ1v) is 8.77. The minimum atomic E-state index is -0.874. The molecule has 1 amide bonds. The van der Waals surface area contributed by atoms with Gasteiger partial charge in [-0.05, 0) is 39.7 Å². The second kappa shape index (κ2) is 9.11. The number of unbranched alkanes of at least 4 members (excludes halogenated alkanes) is 3. The summed E-state index contributed by atoms with van der Waals surface area (Å²) < 4.78 is 5.15. The van der Waals surface area contributed by atoms with E-state index in [2.05, 4.69) is 5.32 Å². The molecule has 1 aliphatic carbocycles. The zero-order valence-electron chi connectivity index (χ0n) is 14.7. The normalized spacial score (nSPS) is 20.4. The van der Waals surface area contributed by atoms with Crippen LogP contribution in [0.2, 0.25) is 0 Å². The number of carboxylic acid groups (broad SMARTS) is 1. The Morgan fingerprint density at radius 1 is 1.29 bits per heavy atom. The Morgan fingerprint density at radius 2 is 1.96 bits per heavy atom. The number of allylic oxidation sites excluding steroid dienone is 3. The summed E-state index contributed by atoms with van der Waals surface area (Å²) in [7, 11) is 0. The van der Waals surface area contributed by atoms with Crippen molar-refractivity contribution in [1.82, 2.24) is 5.32 Å². The van der Waals surface area contributed by atoms with Gasteiger partial charge >= 0.3 is 12.1 Å². The maximum atomic E-state index is 11.6. The first-order chi connectivity index (χ1) is 11.1. The van der Waals surface area contributed by atoms with Gasteiger partial charge in [-0.25, -0.2) is 4.79 Å². The van der Waals surface area contributed by atoms with Crippen LogP contribution in [0, 0.1) is 5.41 Å². The van der Waals surface area contributed by atoms with Gasteiger partial charge in [-0.1, -0.05) is 43.0 Å². The van der Waals surface area contributed by atoms with Gasteiger partial charge in [-0.2, -0.15) is 0 Å². The molecule has 1 rings (SSSR count). The van der Waals surface area contributed by atoms with E-state index in [1.165, 1.54) is 0 Å². The van der Waals surface area contributed by atoms with Gasteiger partial charge in [0.05, 0.1) is 5.41 Å². The highest BCUT2D eigenvalue weighted by molar-refractivity contribution is 6.30. The van der Waals surface area contributed by atoms with Gasteiger partial charge in [0, 0.05) is 18.0 Å². The lowest BCUT2D eigenvalue weighted by Gasteiger charge is -2.27. The maximum Gasteiger partial charge on any atom is 0.407 e. The van der Waals surface area contributed by atoms with Crippen LogP contribution in [0.15, 0.2) is 23.3 Å². The van der Waals surface area contributed by atoms with Gasteiger partial charge in [-0.15, -0.1) is 0 Å². The molecule has 0 aromatic rings. The summed E-state index contributed by atoms with van der Waals surface area (Å²) in [4.78, 5) is 23.1. The third-order valence-corrected chi connectivity index (χ3v) is 4.08. The maximum absolute atomic E-state index is 11.6. The fourth-order valence-corrected chi connectivity index (χ4v) is 2.92. The summed E-state index contributed by atoms with van der Waals surface area (Å²) in [6.07, 6.45) is 9.24. The molecular weight excluding hydrogens is 330 g/mol. The van der Waals surface area contributed by atoms with E-state index >= 15 is 0 Å². The number of halogens is 1. The van der Waals surface area contributed by atoms with E-state index in [-0.39, 0.29) is 0 Å². The lowest BCUT2D eigenvalue weighted by molar-refractivity contribution is -0.146. The number of ether oxygens (including phenoxy) is 1. The molecule has 24 heavy (non-hydrogen) atoms. The third kappa shape index (κ3) is 7.39. The number of carbonyl (C=O) groups excluding carboxylic acids is 1. The number of carboxylic acids is 1. The minimum absolute atomic E-state index is 0.362. The monoisotopic (exact) mass is 357 g/mol. The van der Waals surface area contributed by atoms with Crippen molar-refractivity contribution in [3.63, 3.8) is 0 Å². The predicted molar refractivity (Wildman–Crippen MR) is 95.1 cm³/mol. The molecule has 0 aromatic carbocycles. The number of hydrogen-bond acceptors (Lipinski definition) is 3. The van der Waals surface area contributed by atoms with Crippen molar-refractivity contribution in [2.75, 3.05) is 6.54 Å². The second-order valence-corrected chi connectivity index (χ2v) is 7.69. The molecule has 0 bridgehead atoms. The Morgan fingerprint density at radius 3 is 2.54 bits per heavy atom. The Balaban J connectivity index is 2.20. The fraction of sp³-hybridized carbons (Fsp3) is 0.667. The molecule has 0 saturated heterocycles. The lowest BCUT2D eigenvalue weighted by atomic mass is 9.77. The predicted octanol–water partition coefficient (Wildman–Crippen LogP) is 4.62. The van der Waals surface area contributed by atoms with E-state index in [9.17, 15) is 14.7 Å². The highest BCUT2D eigenvalue weighted by Crippen LogP contribution is 2.38. The van der Waals surface area contributed by atoms with Gasteiger partial charge in [0.15, 0.2) is 0 Å². The Bertz CT molecular complexity index is 508. The van der Waals surface area contributed by atoms with Crippen molar-refractivity contribution in [3.8, 4) is 0 Å². The van der Waals surface area contributed by atoms with Gasteiger partial charge in [0.25, 0.3) is 0 Å². The molecular formula is C18H28ClNO4. The minimum Gasteiger partial charge on any atom is -0.481 e. The molecule has 1 aliphatic rings. The average molecular weight is 358 g/mol. The van der Waals surface area contributed by atoms with E-state index in [4.69, 9.17) is 16.3 Å². The largest absolute Gasteiger partial charge is 0.481 e. The van der Waals surface area contributed by atoms with E-state index in [1.807, 2.05) is 20.8 Å². The number of hydrogen-bond donors (Lipinski definition) is 2. The molecule has 0 heterocycles. The molecule has 0 spiro atoms. The highest BCUT2D eigenvalue weighted by Gasteiger charge is 2.37. The van der Waals surface area contributed by atoms with Crippen molar-refractivity contribution < 1.29 is 19.4 Å². The molecule has 0 fully saturated rings. The smallest absolute Gasteiger partial charge is 0.407 e. The zero-order chi connectivity index (χ0) is 18.2. The number of aliphatic carboxylic acids is 1. The van der Waals surface area contributed by atoms with Crippen molar-refractivity contribution in [1.29, 1.82) is 0 Å². The van der Waals surface area contributed by atoms with Gasteiger partial charge in [-0.3, -0.25) is 4.79 Å². The van der Waals surface area contributed by atoms with Crippen LogP contribution in [-0.2, 0) is 9.53 Å². The molecule has 1 unspecified atom stereocenters. The van der Waals surface area contributed by atoms with Crippen LogP contribution >= 0.6 is 11.6 Å². The van der Waals surface area contributed by atoms with Crippen LogP contribution in [0.1, 0.15) is 59.3 Å². The lowest BCUT2D eigenvalue weighted by Crippen LogP contribution is -2.33. The topological polar surface area (TPSA) is 75.6 Å². The van der Waals surface area contributed by atoms with Crippen molar-refractivity contribution in [2.24, 2.45) is 5.41 Å². The quantitative estimate of drug-likeness (QED) is 0.622. The van der Waals surface area contributed by atoms with Crippen molar-refractivity contribution >= 4 is 23.7 Å². The van der Waals surface area contributed by atoms with E-state index in [1.54, 1.807) is 18.2 Å². The molecule has 5 nitrogen and oxygen atoms in total. The second-order valence-electron chi connectivity index (χ2n) is 7.20. The summed E-state index contributed by atoms with van der Waals surface area (Å²) in [6.45, 7) is 6.04. The van der Waals surface area contributed by atoms with Crippen molar-refractivity contribution in [2.45, 2.75) is 64.9 Å². The van der Waals surface area contributed by atoms with Crippen LogP contribution in [0.25, 0.3) is 0 Å². The Kier molecular flexibility index (Phi) is 7.80. The molecule has 1 atom stereocenters. The number of amides is 1. The standard InChI is InChI=1S/C18H28ClNO4/c1-17(2,3)24-16(23)20-12-7-5-4-6-10-18(15(21)22)11-8-9-14(19)13-18/h8-9,11H,4-7,10,12-13H2,1-3H3,(H,20,23)(H,21,22). The van der Waals surface area contributed by atoms with E-state index < -0.39 is 23.1 Å². The first kappa shape index (κ1) is 20.6. The molecule has 0 aliphatic heterocycles. The molecule has 0 saturated carbocycles. The average Bonchev–Trinajstić information content (AvgIpc) is 2.44. The van der Waals surface area contributed by atoms with Crippen LogP contribution in [-0.4, -0.2) is 29.3 Å². The first-order valence-electron chi connectivity index (χ1n) is 8.39. The zero-order valence-corrected chi connectivity index (χ0v) is 15.5. The van der Waals surface area contributed by atoms with Gasteiger partial charge in [0.1, 0.15) is 5.60 Å². The molecule has 2 N–H and O–H groups in total. The van der Waals surface area contributed by atoms with Gasteiger partial charge in [0.2, 0.25) is 0 Å². The summed E-state index contributed by atoms with van der Waals surface area (Å²) in [5.74, 6) is -0.823. The number of carbonyl (C=O) groups is 2. The molecule has 136 valence electrons. The summed E-state index contributed by atoms with van der Waals surface area (Å²) in [5, 5.41) is 12.8. The number of nitrogens with one attached hydrogen (secondary N) is 1. The van der Waals surface area contributed by atoms with Crippen LogP contribution in [0.3, 0.4) is 0 Å². The molecule has 6 heteroatoms. The summed E-state index contributed by atoms with van der Waals surface area (Å²) >= 11 is 6.00. The van der Waals surface area contributed by atoms with Crippen molar-refractivity contribution in [3.05, 3.63) is 23.3 Å². The highest BCUT2D eigenvalue weighted by atomic mass is 35.5. The number of rotatable bonds is 8. The molecule has 0 aromatic heterocycles. The summed E-state index contributed by atoms with van der Waals surface area (Å²) in [6, 6.07) is 0.